The Labute approximate surface area is 134 Å². The lowest BCUT2D eigenvalue weighted by atomic mass is 10.1. The molecule has 0 atom stereocenters. The van der Waals surface area contributed by atoms with Gasteiger partial charge in [0.25, 0.3) is 5.91 Å². The zero-order valence-electron chi connectivity index (χ0n) is 13.1. The molecule has 0 bridgehead atoms. The van der Waals surface area contributed by atoms with Crippen molar-refractivity contribution in [3.05, 3.63) is 47.5 Å². The van der Waals surface area contributed by atoms with Crippen LogP contribution >= 0.6 is 0 Å². The molecule has 1 saturated heterocycles. The summed E-state index contributed by atoms with van der Waals surface area (Å²) < 4.78 is 13.7. The van der Waals surface area contributed by atoms with Gasteiger partial charge >= 0.3 is 0 Å². The number of hydrogen-bond acceptors (Lipinski definition) is 4. The molecular formula is C17H19FN4O. The lowest BCUT2D eigenvalue weighted by molar-refractivity contribution is 0.102. The Kier molecular flexibility index (Phi) is 4.50. The molecule has 2 aromatic rings. The van der Waals surface area contributed by atoms with Crippen molar-refractivity contribution in [2.24, 2.45) is 0 Å². The molecule has 0 spiro atoms. The van der Waals surface area contributed by atoms with Crippen LogP contribution in [0.5, 0.6) is 0 Å². The van der Waals surface area contributed by atoms with Crippen molar-refractivity contribution in [1.29, 1.82) is 0 Å². The second-order valence-electron chi connectivity index (χ2n) is 5.68. The van der Waals surface area contributed by atoms with Gasteiger partial charge in [0.05, 0.1) is 5.69 Å². The van der Waals surface area contributed by atoms with Gasteiger partial charge in [-0.2, -0.15) is 0 Å². The molecule has 0 saturated carbocycles. The molecule has 5 nitrogen and oxygen atoms in total. The number of hydrogen-bond donors (Lipinski definition) is 1. The van der Waals surface area contributed by atoms with Crippen molar-refractivity contribution in [1.82, 2.24) is 9.97 Å². The van der Waals surface area contributed by atoms with Crippen LogP contribution < -0.4 is 10.2 Å². The van der Waals surface area contributed by atoms with E-state index in [9.17, 15) is 9.18 Å². The zero-order chi connectivity index (χ0) is 16.2. The van der Waals surface area contributed by atoms with Crippen molar-refractivity contribution in [3.8, 4) is 0 Å². The van der Waals surface area contributed by atoms with Crippen molar-refractivity contribution in [2.45, 2.75) is 26.2 Å². The highest BCUT2D eigenvalue weighted by atomic mass is 19.1. The Morgan fingerprint density at radius 3 is 2.65 bits per heavy atom. The predicted molar refractivity (Wildman–Crippen MR) is 87.2 cm³/mol. The van der Waals surface area contributed by atoms with Gasteiger partial charge in [0.15, 0.2) is 0 Å². The number of para-hydroxylation sites is 1. The van der Waals surface area contributed by atoms with Crippen LogP contribution in [0.3, 0.4) is 0 Å². The smallest absolute Gasteiger partial charge is 0.274 e. The zero-order valence-corrected chi connectivity index (χ0v) is 13.1. The van der Waals surface area contributed by atoms with Crippen LogP contribution in [0, 0.1) is 12.7 Å². The highest BCUT2D eigenvalue weighted by Gasteiger charge is 2.17. The number of carbonyl (C=O) groups excluding carboxylic acids is 1. The maximum absolute atomic E-state index is 13.7. The van der Waals surface area contributed by atoms with Crippen LogP contribution in [-0.2, 0) is 0 Å². The standard InChI is InChI=1S/C17H19FN4O/c1-12-11-15(16(23)20-14-8-4-3-7-13(14)18)21-17(19-12)22-9-5-2-6-10-22/h3-4,7-8,11H,2,5-6,9-10H2,1H3,(H,20,23). The molecule has 1 aromatic carbocycles. The number of nitrogens with zero attached hydrogens (tertiary/aromatic N) is 3. The Morgan fingerprint density at radius 1 is 1.17 bits per heavy atom. The number of rotatable bonds is 3. The molecule has 3 rings (SSSR count). The average Bonchev–Trinajstić information content (AvgIpc) is 2.57. The second kappa shape index (κ2) is 6.73. The summed E-state index contributed by atoms with van der Waals surface area (Å²) in [6.07, 6.45) is 3.42. The molecule has 1 aliphatic rings. The van der Waals surface area contributed by atoms with E-state index in [4.69, 9.17) is 0 Å². The summed E-state index contributed by atoms with van der Waals surface area (Å²) >= 11 is 0. The van der Waals surface area contributed by atoms with Gasteiger partial charge in [-0.15, -0.1) is 0 Å². The van der Waals surface area contributed by atoms with E-state index in [0.29, 0.717) is 5.95 Å². The minimum Gasteiger partial charge on any atom is -0.341 e. The van der Waals surface area contributed by atoms with Crippen LogP contribution in [-0.4, -0.2) is 29.0 Å². The molecule has 0 aliphatic carbocycles. The molecule has 1 fully saturated rings. The summed E-state index contributed by atoms with van der Waals surface area (Å²) in [6, 6.07) is 7.69. The molecule has 1 aliphatic heterocycles. The van der Waals surface area contributed by atoms with Gasteiger partial charge in [0, 0.05) is 18.8 Å². The summed E-state index contributed by atoms with van der Waals surface area (Å²) in [5.41, 5.74) is 1.12. The maximum atomic E-state index is 13.7. The first-order valence-electron chi connectivity index (χ1n) is 7.80. The van der Waals surface area contributed by atoms with E-state index in [1.165, 1.54) is 18.6 Å². The van der Waals surface area contributed by atoms with Gasteiger partial charge in [-0.1, -0.05) is 12.1 Å². The number of nitrogens with one attached hydrogen (secondary N) is 1. The topological polar surface area (TPSA) is 58.1 Å². The summed E-state index contributed by atoms with van der Waals surface area (Å²) in [4.78, 5) is 23.2. The SMILES string of the molecule is Cc1cc(C(=O)Nc2ccccc2F)nc(N2CCCCC2)n1. The molecule has 6 heteroatoms. The van der Waals surface area contributed by atoms with Crippen LogP contribution in [0.4, 0.5) is 16.0 Å². The lowest BCUT2D eigenvalue weighted by Gasteiger charge is -2.27. The molecule has 0 radical (unpaired) electrons. The van der Waals surface area contributed by atoms with E-state index in [1.54, 1.807) is 18.2 Å². The largest absolute Gasteiger partial charge is 0.341 e. The minimum absolute atomic E-state index is 0.147. The molecule has 0 unspecified atom stereocenters. The molecule has 2 heterocycles. The summed E-state index contributed by atoms with van der Waals surface area (Å²) in [5.74, 6) is -0.329. The van der Waals surface area contributed by atoms with E-state index in [2.05, 4.69) is 20.2 Å². The van der Waals surface area contributed by atoms with Gasteiger partial charge in [0.2, 0.25) is 5.95 Å². The fraction of sp³-hybridized carbons (Fsp3) is 0.353. The second-order valence-corrected chi connectivity index (χ2v) is 5.68. The number of halogens is 1. The number of anilines is 2. The quantitative estimate of drug-likeness (QED) is 0.945. The van der Waals surface area contributed by atoms with Gasteiger partial charge < -0.3 is 10.2 Å². The third-order valence-corrected chi connectivity index (χ3v) is 3.84. The maximum Gasteiger partial charge on any atom is 0.274 e. The van der Waals surface area contributed by atoms with Gasteiger partial charge in [-0.3, -0.25) is 4.79 Å². The Hall–Kier alpha value is -2.50. The number of aromatic nitrogens is 2. The van der Waals surface area contributed by atoms with E-state index >= 15 is 0 Å². The molecule has 1 amide bonds. The van der Waals surface area contributed by atoms with Crippen LogP contribution in [0.15, 0.2) is 30.3 Å². The molecular weight excluding hydrogens is 295 g/mol. The number of benzene rings is 1. The average molecular weight is 314 g/mol. The highest BCUT2D eigenvalue weighted by Crippen LogP contribution is 2.18. The predicted octanol–water partition coefficient (Wildman–Crippen LogP) is 3.17. The molecule has 1 N–H and O–H groups in total. The number of carbonyl (C=O) groups is 1. The lowest BCUT2D eigenvalue weighted by Crippen LogP contribution is -2.31. The van der Waals surface area contributed by atoms with Crippen LogP contribution in [0.1, 0.15) is 35.4 Å². The monoisotopic (exact) mass is 314 g/mol. The molecule has 1 aromatic heterocycles. The van der Waals surface area contributed by atoms with E-state index in [1.807, 2.05) is 6.92 Å². The third-order valence-electron chi connectivity index (χ3n) is 3.84. The van der Waals surface area contributed by atoms with Crippen molar-refractivity contribution in [2.75, 3.05) is 23.3 Å². The van der Waals surface area contributed by atoms with E-state index < -0.39 is 11.7 Å². The summed E-state index contributed by atoms with van der Waals surface area (Å²) in [7, 11) is 0. The van der Waals surface area contributed by atoms with Crippen molar-refractivity contribution in [3.63, 3.8) is 0 Å². The van der Waals surface area contributed by atoms with Crippen LogP contribution in [0.25, 0.3) is 0 Å². The molecule has 120 valence electrons. The normalized spacial score (nSPS) is 14.6. The Bertz CT molecular complexity index is 713. The van der Waals surface area contributed by atoms with E-state index in [-0.39, 0.29) is 11.4 Å². The number of piperidine rings is 1. The first kappa shape index (κ1) is 15.4. The summed E-state index contributed by atoms with van der Waals surface area (Å²) in [6.45, 7) is 3.63. The molecule has 23 heavy (non-hydrogen) atoms. The Morgan fingerprint density at radius 2 is 1.91 bits per heavy atom. The number of amides is 1. The highest BCUT2D eigenvalue weighted by molar-refractivity contribution is 6.03. The van der Waals surface area contributed by atoms with Gasteiger partial charge in [0.1, 0.15) is 11.5 Å². The Balaban J connectivity index is 1.83. The minimum atomic E-state index is -0.470. The number of aryl methyl sites for hydroxylation is 1. The first-order chi connectivity index (χ1) is 11.1. The van der Waals surface area contributed by atoms with Gasteiger partial charge in [-0.25, -0.2) is 14.4 Å². The van der Waals surface area contributed by atoms with Crippen molar-refractivity contribution < 1.29 is 9.18 Å². The van der Waals surface area contributed by atoms with Crippen molar-refractivity contribution >= 4 is 17.5 Å². The first-order valence-corrected chi connectivity index (χ1v) is 7.80. The van der Waals surface area contributed by atoms with Crippen LogP contribution in [0.2, 0.25) is 0 Å². The van der Waals surface area contributed by atoms with E-state index in [0.717, 1.165) is 31.6 Å². The van der Waals surface area contributed by atoms with Gasteiger partial charge in [-0.05, 0) is 44.4 Å². The summed E-state index contributed by atoms with van der Waals surface area (Å²) in [5, 5.41) is 2.56. The third kappa shape index (κ3) is 3.64. The fourth-order valence-electron chi connectivity index (χ4n) is 2.65. The fourth-order valence-corrected chi connectivity index (χ4v) is 2.65.